The van der Waals surface area contributed by atoms with Crippen molar-refractivity contribution >= 4 is 15.1 Å². The molecule has 1 heterocycles. The van der Waals surface area contributed by atoms with Gasteiger partial charge < -0.3 is 13.3 Å². The Hall–Kier alpha value is -0.433. The Labute approximate surface area is 156 Å². The van der Waals surface area contributed by atoms with E-state index < -0.39 is 8.80 Å². The predicted octanol–water partition coefficient (Wildman–Crippen LogP) is 3.75. The minimum absolute atomic E-state index is 0.653. The molecule has 0 aromatic rings. The first-order chi connectivity index (χ1) is 12.2. The predicted molar refractivity (Wildman–Crippen MR) is 106 cm³/mol. The van der Waals surface area contributed by atoms with E-state index in [-0.39, 0.29) is 0 Å². The van der Waals surface area contributed by atoms with Crippen molar-refractivity contribution in [2.75, 3.05) is 46.0 Å². The fraction of sp³-hybridized carbons (Fsp3) is 0.947. The van der Waals surface area contributed by atoms with Gasteiger partial charge in [0.25, 0.3) is 0 Å². The molecule has 0 N–H and O–H groups in total. The Bertz CT molecular complexity index is 350. The monoisotopic (exact) mass is 373 g/mol. The van der Waals surface area contributed by atoms with Crippen LogP contribution in [-0.4, -0.2) is 70.6 Å². The fourth-order valence-corrected chi connectivity index (χ4v) is 5.88. The van der Waals surface area contributed by atoms with Crippen molar-refractivity contribution < 1.29 is 17.9 Å². The van der Waals surface area contributed by atoms with Gasteiger partial charge in [0, 0.05) is 19.8 Å². The highest BCUT2D eigenvalue weighted by Crippen LogP contribution is 2.17. The second-order valence-corrected chi connectivity index (χ2v) is 9.42. The highest BCUT2D eigenvalue weighted by atomic mass is 28.4. The normalized spacial score (nSPS) is 15.0. The SMILES string of the molecule is CCCCCCCC[N+]1=CN(CC[Si](OCC)(OCC)OCC)CC1. The number of rotatable bonds is 16. The number of unbranched alkanes of at least 4 members (excludes halogenated alkanes) is 5. The van der Waals surface area contributed by atoms with Crippen LogP contribution in [0.1, 0.15) is 66.2 Å². The Morgan fingerprint density at radius 3 is 2.08 bits per heavy atom. The van der Waals surface area contributed by atoms with Crippen molar-refractivity contribution in [2.45, 2.75) is 72.3 Å². The molecule has 0 aromatic heterocycles. The summed E-state index contributed by atoms with van der Waals surface area (Å²) in [5.74, 6) is 0. The molecule has 1 rings (SSSR count). The van der Waals surface area contributed by atoms with Crippen LogP contribution in [0.4, 0.5) is 0 Å². The first kappa shape index (κ1) is 22.6. The molecule has 0 bridgehead atoms. The largest absolute Gasteiger partial charge is 0.504 e. The van der Waals surface area contributed by atoms with E-state index in [0.29, 0.717) is 19.8 Å². The summed E-state index contributed by atoms with van der Waals surface area (Å²) < 4.78 is 20.3. The van der Waals surface area contributed by atoms with E-state index in [1.165, 1.54) is 45.1 Å². The van der Waals surface area contributed by atoms with Crippen molar-refractivity contribution in [1.29, 1.82) is 0 Å². The molecule has 0 aromatic carbocycles. The van der Waals surface area contributed by atoms with Crippen molar-refractivity contribution in [3.63, 3.8) is 0 Å². The Balaban J connectivity index is 2.34. The molecule has 1 aliphatic rings. The molecule has 0 radical (unpaired) electrons. The van der Waals surface area contributed by atoms with Crippen LogP contribution in [-0.2, 0) is 13.3 Å². The van der Waals surface area contributed by atoms with Crippen LogP contribution < -0.4 is 0 Å². The van der Waals surface area contributed by atoms with Gasteiger partial charge in [-0.25, -0.2) is 0 Å². The standard InChI is InChI=1S/C19H41N2O3Si/c1-5-9-10-11-12-13-14-20-15-16-21(19-20)17-18-25(22-6-2,23-7-3)24-8-4/h19H,5-18H2,1-4H3/q+1. The van der Waals surface area contributed by atoms with Crippen LogP contribution in [0.25, 0.3) is 0 Å². The second kappa shape index (κ2) is 13.7. The highest BCUT2D eigenvalue weighted by Gasteiger charge is 2.41. The number of hydrogen-bond acceptors (Lipinski definition) is 4. The molecule has 5 nitrogen and oxygen atoms in total. The smallest absolute Gasteiger partial charge is 0.374 e. The minimum atomic E-state index is -2.51. The Morgan fingerprint density at radius 2 is 1.48 bits per heavy atom. The average molecular weight is 374 g/mol. The molecule has 148 valence electrons. The van der Waals surface area contributed by atoms with Crippen molar-refractivity contribution in [3.05, 3.63) is 0 Å². The van der Waals surface area contributed by atoms with Gasteiger partial charge in [0.05, 0.1) is 19.1 Å². The zero-order chi connectivity index (χ0) is 18.4. The summed E-state index contributed by atoms with van der Waals surface area (Å²) in [6.45, 7) is 14.7. The maximum Gasteiger partial charge on any atom is 0.504 e. The molecule has 0 aliphatic carbocycles. The lowest BCUT2D eigenvalue weighted by Gasteiger charge is -2.28. The quantitative estimate of drug-likeness (QED) is 0.234. The highest BCUT2D eigenvalue weighted by molar-refractivity contribution is 6.60. The van der Waals surface area contributed by atoms with E-state index in [9.17, 15) is 0 Å². The molecule has 1 aliphatic heterocycles. The molecular weight excluding hydrogens is 332 g/mol. The molecule has 0 unspecified atom stereocenters. The summed E-state index contributed by atoms with van der Waals surface area (Å²) in [7, 11) is -2.51. The average Bonchev–Trinajstić information content (AvgIpc) is 3.05. The van der Waals surface area contributed by atoms with Gasteiger partial charge in [-0.05, 0) is 33.6 Å². The Morgan fingerprint density at radius 1 is 0.880 bits per heavy atom. The molecule has 0 amide bonds. The molecular formula is C19H41N2O3Si+. The maximum atomic E-state index is 5.95. The third kappa shape index (κ3) is 9.17. The lowest BCUT2D eigenvalue weighted by atomic mass is 10.1. The summed E-state index contributed by atoms with van der Waals surface area (Å²) in [6.07, 6.45) is 10.5. The van der Waals surface area contributed by atoms with E-state index in [1.807, 2.05) is 20.8 Å². The van der Waals surface area contributed by atoms with E-state index in [4.69, 9.17) is 13.3 Å². The number of hydrogen-bond donors (Lipinski definition) is 0. The van der Waals surface area contributed by atoms with E-state index in [2.05, 4.69) is 22.7 Å². The molecule has 25 heavy (non-hydrogen) atoms. The van der Waals surface area contributed by atoms with Gasteiger partial charge >= 0.3 is 8.80 Å². The summed E-state index contributed by atoms with van der Waals surface area (Å²) in [5.41, 5.74) is 0. The lowest BCUT2D eigenvalue weighted by molar-refractivity contribution is -0.514. The van der Waals surface area contributed by atoms with Crippen LogP contribution in [0.15, 0.2) is 0 Å². The first-order valence-electron chi connectivity index (χ1n) is 10.4. The van der Waals surface area contributed by atoms with E-state index in [0.717, 1.165) is 25.7 Å². The van der Waals surface area contributed by atoms with Crippen LogP contribution in [0.5, 0.6) is 0 Å². The van der Waals surface area contributed by atoms with Gasteiger partial charge in [0.1, 0.15) is 13.1 Å². The van der Waals surface area contributed by atoms with Gasteiger partial charge in [-0.2, -0.15) is 0 Å². The minimum Gasteiger partial charge on any atom is -0.374 e. The van der Waals surface area contributed by atoms with Gasteiger partial charge in [0.15, 0.2) is 0 Å². The second-order valence-electron chi connectivity index (χ2n) is 6.69. The molecule has 0 atom stereocenters. The summed E-state index contributed by atoms with van der Waals surface area (Å²) in [6, 6.07) is 0.865. The zero-order valence-electron chi connectivity index (χ0n) is 17.1. The summed E-state index contributed by atoms with van der Waals surface area (Å²) in [5, 5.41) is 0. The molecule has 0 saturated carbocycles. The van der Waals surface area contributed by atoms with Gasteiger partial charge in [-0.3, -0.25) is 9.48 Å². The molecule has 0 fully saturated rings. The molecule has 6 heteroatoms. The number of nitrogens with zero attached hydrogens (tertiary/aromatic N) is 2. The van der Waals surface area contributed by atoms with E-state index >= 15 is 0 Å². The van der Waals surface area contributed by atoms with Crippen LogP contribution >= 0.6 is 0 Å². The van der Waals surface area contributed by atoms with Crippen molar-refractivity contribution in [2.24, 2.45) is 0 Å². The van der Waals surface area contributed by atoms with Crippen LogP contribution in [0.2, 0.25) is 6.04 Å². The molecule has 0 spiro atoms. The third-order valence-electron chi connectivity index (χ3n) is 4.60. The van der Waals surface area contributed by atoms with Crippen molar-refractivity contribution in [3.8, 4) is 0 Å². The molecule has 0 saturated heterocycles. The summed E-state index contributed by atoms with van der Waals surface area (Å²) >= 11 is 0. The van der Waals surface area contributed by atoms with Crippen LogP contribution in [0.3, 0.4) is 0 Å². The van der Waals surface area contributed by atoms with Gasteiger partial charge in [0.2, 0.25) is 6.34 Å². The van der Waals surface area contributed by atoms with Gasteiger partial charge in [-0.15, -0.1) is 0 Å². The third-order valence-corrected chi connectivity index (χ3v) is 7.62. The topological polar surface area (TPSA) is 33.9 Å². The maximum absolute atomic E-state index is 5.95. The van der Waals surface area contributed by atoms with E-state index in [1.54, 1.807) is 0 Å². The Kier molecular flexibility index (Phi) is 12.4. The lowest BCUT2D eigenvalue weighted by Crippen LogP contribution is -2.48. The van der Waals surface area contributed by atoms with Crippen LogP contribution in [0, 0.1) is 0 Å². The zero-order valence-corrected chi connectivity index (χ0v) is 18.1. The van der Waals surface area contributed by atoms with Gasteiger partial charge in [-0.1, -0.05) is 32.6 Å². The summed E-state index contributed by atoms with van der Waals surface area (Å²) in [4.78, 5) is 2.40. The van der Waals surface area contributed by atoms with Crippen molar-refractivity contribution in [1.82, 2.24) is 4.90 Å². The fourth-order valence-electron chi connectivity index (χ4n) is 3.32. The first-order valence-corrected chi connectivity index (χ1v) is 12.4.